The normalized spacial score (nSPS) is 24.1. The molecule has 2 aliphatic rings. The quantitative estimate of drug-likeness (QED) is 0.765. The third-order valence-corrected chi connectivity index (χ3v) is 4.42. The summed E-state index contributed by atoms with van der Waals surface area (Å²) in [7, 11) is 0. The van der Waals surface area contributed by atoms with Crippen LogP contribution in [-0.2, 0) is 4.79 Å². The Morgan fingerprint density at radius 3 is 2.62 bits per heavy atom. The summed E-state index contributed by atoms with van der Waals surface area (Å²) in [5.41, 5.74) is 0. The number of rotatable bonds is 5. The van der Waals surface area contributed by atoms with Gasteiger partial charge in [-0.2, -0.15) is 11.8 Å². The maximum atomic E-state index is 11.7. The van der Waals surface area contributed by atoms with Crippen LogP contribution >= 0.6 is 11.8 Å². The molecule has 3 nitrogen and oxygen atoms in total. The second kappa shape index (κ2) is 5.92. The van der Waals surface area contributed by atoms with E-state index in [1.54, 1.807) is 0 Å². The first-order valence-corrected chi connectivity index (χ1v) is 7.52. The number of carbonyl (C=O) groups is 1. The van der Waals surface area contributed by atoms with Crippen LogP contribution in [0.15, 0.2) is 0 Å². The fourth-order valence-electron chi connectivity index (χ4n) is 1.94. The summed E-state index contributed by atoms with van der Waals surface area (Å²) in [6.07, 6.45) is 4.93. The highest BCUT2D eigenvalue weighted by atomic mass is 32.2. The summed E-state index contributed by atoms with van der Waals surface area (Å²) in [5, 5.41) is 6.40. The molecule has 0 aromatic heterocycles. The second-order valence-corrected chi connectivity index (χ2v) is 6.19. The van der Waals surface area contributed by atoms with Gasteiger partial charge in [-0.3, -0.25) is 4.79 Å². The molecular weight excluding hydrogens is 220 g/mol. The van der Waals surface area contributed by atoms with E-state index in [2.05, 4.69) is 10.6 Å². The van der Waals surface area contributed by atoms with Gasteiger partial charge in [-0.25, -0.2) is 0 Å². The zero-order valence-corrected chi connectivity index (χ0v) is 10.8. The maximum Gasteiger partial charge on any atom is 0.237 e. The number of thioether (sulfide) groups is 1. The zero-order chi connectivity index (χ0) is 11.4. The van der Waals surface area contributed by atoms with Crippen LogP contribution in [0.25, 0.3) is 0 Å². The van der Waals surface area contributed by atoms with E-state index in [0.29, 0.717) is 6.04 Å². The molecule has 0 radical (unpaired) electrons. The molecule has 2 fully saturated rings. The Kier molecular flexibility index (Phi) is 4.53. The fourth-order valence-corrected chi connectivity index (χ4v) is 3.14. The Morgan fingerprint density at radius 2 is 2.00 bits per heavy atom. The molecular formula is C12H22N2OS. The van der Waals surface area contributed by atoms with Crippen molar-refractivity contribution in [2.24, 2.45) is 5.92 Å². The van der Waals surface area contributed by atoms with Crippen molar-refractivity contribution in [3.63, 3.8) is 0 Å². The van der Waals surface area contributed by atoms with Crippen molar-refractivity contribution in [1.82, 2.24) is 10.6 Å². The van der Waals surface area contributed by atoms with Gasteiger partial charge in [0.15, 0.2) is 0 Å². The lowest BCUT2D eigenvalue weighted by Gasteiger charge is -2.23. The SMILES string of the molecule is CC(NCC1CCSCC1)C(=O)NC1CC1. The largest absolute Gasteiger partial charge is 0.352 e. The van der Waals surface area contributed by atoms with Crippen molar-refractivity contribution in [2.75, 3.05) is 18.1 Å². The summed E-state index contributed by atoms with van der Waals surface area (Å²) in [6, 6.07) is 0.443. The van der Waals surface area contributed by atoms with Crippen molar-refractivity contribution in [3.8, 4) is 0 Å². The van der Waals surface area contributed by atoms with E-state index in [9.17, 15) is 4.79 Å². The molecule has 0 bridgehead atoms. The lowest BCUT2D eigenvalue weighted by molar-refractivity contribution is -0.122. The van der Waals surface area contributed by atoms with Gasteiger partial charge in [0.05, 0.1) is 6.04 Å². The van der Waals surface area contributed by atoms with E-state index in [4.69, 9.17) is 0 Å². The van der Waals surface area contributed by atoms with Crippen LogP contribution in [-0.4, -0.2) is 36.0 Å². The summed E-state index contributed by atoms with van der Waals surface area (Å²) in [5.74, 6) is 3.52. The summed E-state index contributed by atoms with van der Waals surface area (Å²) >= 11 is 2.05. The Labute approximate surface area is 102 Å². The van der Waals surface area contributed by atoms with E-state index in [1.807, 2.05) is 18.7 Å². The second-order valence-electron chi connectivity index (χ2n) is 4.97. The number of nitrogens with one attached hydrogen (secondary N) is 2. The highest BCUT2D eigenvalue weighted by molar-refractivity contribution is 7.99. The van der Waals surface area contributed by atoms with Gasteiger partial charge in [0.1, 0.15) is 0 Å². The lowest BCUT2D eigenvalue weighted by Crippen LogP contribution is -2.44. The average molecular weight is 242 g/mol. The first-order valence-electron chi connectivity index (χ1n) is 6.37. The topological polar surface area (TPSA) is 41.1 Å². The monoisotopic (exact) mass is 242 g/mol. The Balaban J connectivity index is 1.61. The van der Waals surface area contributed by atoms with Crippen LogP contribution in [0.1, 0.15) is 32.6 Å². The first kappa shape index (κ1) is 12.2. The first-order chi connectivity index (χ1) is 7.75. The lowest BCUT2D eigenvalue weighted by atomic mass is 10.0. The average Bonchev–Trinajstić information content (AvgIpc) is 3.11. The van der Waals surface area contributed by atoms with Crippen LogP contribution < -0.4 is 10.6 Å². The molecule has 1 amide bonds. The van der Waals surface area contributed by atoms with Crippen LogP contribution in [0.3, 0.4) is 0 Å². The summed E-state index contributed by atoms with van der Waals surface area (Å²) in [6.45, 7) is 2.97. The van der Waals surface area contributed by atoms with Crippen LogP contribution in [0.2, 0.25) is 0 Å². The zero-order valence-electron chi connectivity index (χ0n) is 10.00. The highest BCUT2D eigenvalue weighted by Gasteiger charge is 2.25. The van der Waals surface area contributed by atoms with Crippen LogP contribution in [0.5, 0.6) is 0 Å². The molecule has 4 heteroatoms. The van der Waals surface area contributed by atoms with Gasteiger partial charge in [-0.05, 0) is 56.6 Å². The molecule has 1 unspecified atom stereocenters. The molecule has 0 spiro atoms. The smallest absolute Gasteiger partial charge is 0.237 e. The molecule has 2 rings (SSSR count). The van der Waals surface area contributed by atoms with Crippen molar-refractivity contribution in [2.45, 2.75) is 44.7 Å². The minimum absolute atomic E-state index is 0.0322. The maximum absolute atomic E-state index is 11.7. The number of carbonyl (C=O) groups excluding carboxylic acids is 1. The molecule has 0 aromatic rings. The van der Waals surface area contributed by atoms with Crippen molar-refractivity contribution >= 4 is 17.7 Å². The number of amides is 1. The molecule has 1 aliphatic heterocycles. The Hall–Kier alpha value is -0.220. The minimum atomic E-state index is -0.0322. The third-order valence-electron chi connectivity index (χ3n) is 3.37. The minimum Gasteiger partial charge on any atom is -0.352 e. The van der Waals surface area contributed by atoms with Gasteiger partial charge in [0.25, 0.3) is 0 Å². The highest BCUT2D eigenvalue weighted by Crippen LogP contribution is 2.22. The van der Waals surface area contributed by atoms with Crippen LogP contribution in [0, 0.1) is 5.92 Å². The molecule has 2 N–H and O–H groups in total. The molecule has 92 valence electrons. The predicted octanol–water partition coefficient (Wildman–Crippen LogP) is 1.39. The molecule has 16 heavy (non-hydrogen) atoms. The van der Waals surface area contributed by atoms with Gasteiger partial charge in [0.2, 0.25) is 5.91 Å². The van der Waals surface area contributed by atoms with Crippen molar-refractivity contribution < 1.29 is 4.79 Å². The van der Waals surface area contributed by atoms with Crippen molar-refractivity contribution in [1.29, 1.82) is 0 Å². The molecule has 0 aromatic carbocycles. The predicted molar refractivity (Wildman–Crippen MR) is 68.7 cm³/mol. The molecule has 1 saturated carbocycles. The van der Waals surface area contributed by atoms with Gasteiger partial charge in [-0.15, -0.1) is 0 Å². The van der Waals surface area contributed by atoms with E-state index in [0.717, 1.165) is 25.3 Å². The molecule has 1 heterocycles. The fraction of sp³-hybridized carbons (Fsp3) is 0.917. The van der Waals surface area contributed by atoms with E-state index in [1.165, 1.54) is 24.3 Å². The Bertz CT molecular complexity index is 237. The number of hydrogen-bond acceptors (Lipinski definition) is 3. The Morgan fingerprint density at radius 1 is 1.31 bits per heavy atom. The van der Waals surface area contributed by atoms with Gasteiger partial charge < -0.3 is 10.6 Å². The van der Waals surface area contributed by atoms with Crippen molar-refractivity contribution in [3.05, 3.63) is 0 Å². The van der Waals surface area contributed by atoms with E-state index < -0.39 is 0 Å². The summed E-state index contributed by atoms with van der Waals surface area (Å²) in [4.78, 5) is 11.7. The molecule has 1 aliphatic carbocycles. The van der Waals surface area contributed by atoms with Gasteiger partial charge in [-0.1, -0.05) is 0 Å². The van der Waals surface area contributed by atoms with Gasteiger partial charge in [0, 0.05) is 6.04 Å². The molecule has 1 atom stereocenters. The van der Waals surface area contributed by atoms with E-state index in [-0.39, 0.29) is 11.9 Å². The number of hydrogen-bond donors (Lipinski definition) is 2. The summed E-state index contributed by atoms with van der Waals surface area (Å²) < 4.78 is 0. The van der Waals surface area contributed by atoms with Gasteiger partial charge >= 0.3 is 0 Å². The molecule has 1 saturated heterocycles. The van der Waals surface area contributed by atoms with E-state index >= 15 is 0 Å². The standard InChI is InChI=1S/C12H22N2OS/c1-9(12(15)14-11-2-3-11)13-8-10-4-6-16-7-5-10/h9-11,13H,2-8H2,1H3,(H,14,15). The third kappa shape index (κ3) is 3.98. The van der Waals surface area contributed by atoms with Crippen LogP contribution in [0.4, 0.5) is 0 Å².